The van der Waals surface area contributed by atoms with Gasteiger partial charge in [-0.25, -0.2) is 0 Å². The van der Waals surface area contributed by atoms with Crippen LogP contribution in [0.5, 0.6) is 5.75 Å². The molecule has 0 radical (unpaired) electrons. The molecule has 0 amide bonds. The van der Waals surface area contributed by atoms with Gasteiger partial charge in [-0.3, -0.25) is 4.79 Å². The van der Waals surface area contributed by atoms with E-state index in [9.17, 15) is 4.79 Å². The monoisotopic (exact) mass is 476 g/mol. The highest BCUT2D eigenvalue weighted by atomic mass is 16.5. The highest BCUT2D eigenvalue weighted by Crippen LogP contribution is 2.53. The maximum atomic E-state index is 14.1. The molecule has 0 saturated carbocycles. The highest BCUT2D eigenvalue weighted by Gasteiger charge is 2.55. The first kappa shape index (κ1) is 23.7. The molecule has 1 aliphatic rings. The summed E-state index contributed by atoms with van der Waals surface area (Å²) >= 11 is 0. The molecule has 0 bridgehead atoms. The lowest BCUT2D eigenvalue weighted by Gasteiger charge is -2.36. The van der Waals surface area contributed by atoms with Gasteiger partial charge in [0, 0.05) is 51.0 Å². The van der Waals surface area contributed by atoms with E-state index in [1.165, 1.54) is 0 Å². The van der Waals surface area contributed by atoms with Gasteiger partial charge in [-0.15, -0.1) is 0 Å². The molecule has 0 spiro atoms. The lowest BCUT2D eigenvalue weighted by Crippen LogP contribution is -2.42. The van der Waals surface area contributed by atoms with E-state index < -0.39 is 5.41 Å². The molecule has 0 N–H and O–H groups in total. The molecular formula is C32H32N2O2. The summed E-state index contributed by atoms with van der Waals surface area (Å²) in [6.45, 7) is 0. The molecule has 4 aromatic rings. The van der Waals surface area contributed by atoms with Crippen LogP contribution in [-0.4, -0.2) is 34.2 Å². The molecule has 4 aromatic carbocycles. The average Bonchev–Trinajstić information content (AvgIpc) is 3.17. The molecule has 4 nitrogen and oxygen atoms in total. The predicted molar refractivity (Wildman–Crippen MR) is 147 cm³/mol. The van der Waals surface area contributed by atoms with Crippen LogP contribution in [0.1, 0.15) is 28.2 Å². The van der Waals surface area contributed by atoms with Crippen molar-refractivity contribution >= 4 is 17.3 Å². The summed E-state index contributed by atoms with van der Waals surface area (Å²) in [6.07, 6.45) is 0.541. The molecule has 36 heavy (non-hydrogen) atoms. The first-order valence-corrected chi connectivity index (χ1v) is 12.3. The minimum Gasteiger partial charge on any atom is -0.426 e. The number of esters is 1. The van der Waals surface area contributed by atoms with Crippen molar-refractivity contribution in [3.05, 3.63) is 125 Å². The van der Waals surface area contributed by atoms with Crippen LogP contribution in [0.2, 0.25) is 0 Å². The summed E-state index contributed by atoms with van der Waals surface area (Å²) in [4.78, 5) is 18.2. The van der Waals surface area contributed by atoms with Gasteiger partial charge in [0.15, 0.2) is 0 Å². The number of ether oxygens (including phenoxy) is 1. The normalized spacial score (nSPS) is 16.5. The van der Waals surface area contributed by atoms with Gasteiger partial charge in [-0.05, 0) is 53.4 Å². The van der Waals surface area contributed by atoms with Crippen molar-refractivity contribution in [3.8, 4) is 5.75 Å². The van der Waals surface area contributed by atoms with Crippen molar-refractivity contribution < 1.29 is 9.53 Å². The molecule has 4 heteroatoms. The van der Waals surface area contributed by atoms with Crippen molar-refractivity contribution in [2.24, 2.45) is 0 Å². The van der Waals surface area contributed by atoms with Crippen molar-refractivity contribution in [2.45, 2.75) is 17.8 Å². The van der Waals surface area contributed by atoms with Crippen LogP contribution in [0.4, 0.5) is 11.4 Å². The number of para-hydroxylation sites is 1. The standard InChI is InChI=1S/C32H32N2O2/c1-33(2)26-18-14-24(15-19-26)30(25-16-20-27(21-17-25)34(3)4)32(22-23-10-6-5-7-11-23)28-12-8-9-13-29(28)36-31(32)35/h5-21,30H,22H2,1-4H3/t32-/m1/s1. The summed E-state index contributed by atoms with van der Waals surface area (Å²) in [5, 5.41) is 0. The molecule has 0 aromatic heterocycles. The van der Waals surface area contributed by atoms with E-state index >= 15 is 0 Å². The summed E-state index contributed by atoms with van der Waals surface area (Å²) in [5.74, 6) is 0.213. The molecule has 0 saturated heterocycles. The zero-order chi connectivity index (χ0) is 25.3. The second-order valence-corrected chi connectivity index (χ2v) is 9.92. The van der Waals surface area contributed by atoms with E-state index in [1.54, 1.807) is 0 Å². The van der Waals surface area contributed by atoms with Crippen LogP contribution >= 0.6 is 0 Å². The van der Waals surface area contributed by atoms with Crippen LogP contribution < -0.4 is 14.5 Å². The zero-order valence-corrected chi connectivity index (χ0v) is 21.3. The predicted octanol–water partition coefficient (Wildman–Crippen LogP) is 6.05. The molecule has 182 valence electrons. The smallest absolute Gasteiger partial charge is 0.323 e. The van der Waals surface area contributed by atoms with E-state index in [-0.39, 0.29) is 11.9 Å². The minimum absolute atomic E-state index is 0.203. The number of carbonyl (C=O) groups is 1. The lowest BCUT2D eigenvalue weighted by molar-refractivity contribution is -0.138. The number of hydrogen-bond donors (Lipinski definition) is 0. The van der Waals surface area contributed by atoms with Gasteiger partial charge in [-0.2, -0.15) is 0 Å². The van der Waals surface area contributed by atoms with Gasteiger partial charge in [-0.1, -0.05) is 72.8 Å². The molecule has 5 rings (SSSR count). The third-order valence-corrected chi connectivity index (χ3v) is 7.24. The van der Waals surface area contributed by atoms with Crippen molar-refractivity contribution in [1.29, 1.82) is 0 Å². The van der Waals surface area contributed by atoms with Gasteiger partial charge in [0.05, 0.1) is 0 Å². The van der Waals surface area contributed by atoms with Crippen LogP contribution in [0, 0.1) is 0 Å². The van der Waals surface area contributed by atoms with Gasteiger partial charge in [0.2, 0.25) is 0 Å². The molecule has 1 atom stereocenters. The molecule has 1 aliphatic heterocycles. The van der Waals surface area contributed by atoms with Gasteiger partial charge in [0.25, 0.3) is 0 Å². The maximum Gasteiger partial charge on any atom is 0.323 e. The number of rotatable bonds is 7. The van der Waals surface area contributed by atoms with Gasteiger partial charge >= 0.3 is 5.97 Å². The molecular weight excluding hydrogens is 444 g/mol. The molecule has 0 aliphatic carbocycles. The van der Waals surface area contributed by atoms with Crippen LogP contribution in [0.3, 0.4) is 0 Å². The molecule has 0 fully saturated rings. The van der Waals surface area contributed by atoms with Crippen LogP contribution in [-0.2, 0) is 16.6 Å². The van der Waals surface area contributed by atoms with E-state index in [1.807, 2.05) is 64.6 Å². The largest absolute Gasteiger partial charge is 0.426 e. The fraction of sp³-hybridized carbons (Fsp3) is 0.219. The van der Waals surface area contributed by atoms with E-state index in [0.717, 1.165) is 33.6 Å². The maximum absolute atomic E-state index is 14.1. The molecule has 0 unspecified atom stereocenters. The Morgan fingerprint density at radius 2 is 1.17 bits per heavy atom. The van der Waals surface area contributed by atoms with Crippen LogP contribution in [0.25, 0.3) is 0 Å². The summed E-state index contributed by atoms with van der Waals surface area (Å²) in [5.41, 5.74) is 5.55. The Morgan fingerprint density at radius 1 is 0.667 bits per heavy atom. The summed E-state index contributed by atoms with van der Waals surface area (Å²) in [7, 11) is 8.14. The van der Waals surface area contributed by atoms with Crippen molar-refractivity contribution in [1.82, 2.24) is 0 Å². The Labute approximate surface area is 213 Å². The second kappa shape index (κ2) is 9.54. The molecule has 1 heterocycles. The third kappa shape index (κ3) is 4.13. The van der Waals surface area contributed by atoms with E-state index in [2.05, 4.69) is 76.5 Å². The first-order valence-electron chi connectivity index (χ1n) is 12.3. The topological polar surface area (TPSA) is 32.8 Å². The Kier molecular flexibility index (Phi) is 6.27. The SMILES string of the molecule is CN(C)c1ccc(C(c2ccc(N(C)C)cc2)[C@]2(Cc3ccccc3)C(=O)Oc3ccccc32)cc1. The first-order chi connectivity index (χ1) is 17.4. The Hall–Kier alpha value is -4.05. The second-order valence-electron chi connectivity index (χ2n) is 9.92. The Bertz CT molecular complexity index is 1290. The fourth-order valence-electron chi connectivity index (χ4n) is 5.38. The van der Waals surface area contributed by atoms with Gasteiger partial charge < -0.3 is 14.5 Å². The number of nitrogens with zero attached hydrogens (tertiary/aromatic N) is 2. The fourth-order valence-corrected chi connectivity index (χ4v) is 5.38. The lowest BCUT2D eigenvalue weighted by atomic mass is 9.63. The number of anilines is 2. The zero-order valence-electron chi connectivity index (χ0n) is 21.3. The highest BCUT2D eigenvalue weighted by molar-refractivity contribution is 5.93. The average molecular weight is 477 g/mol. The van der Waals surface area contributed by atoms with Crippen molar-refractivity contribution in [2.75, 3.05) is 38.0 Å². The quantitative estimate of drug-likeness (QED) is 0.240. The van der Waals surface area contributed by atoms with E-state index in [4.69, 9.17) is 4.74 Å². The minimum atomic E-state index is -0.906. The van der Waals surface area contributed by atoms with E-state index in [0.29, 0.717) is 12.2 Å². The number of fused-ring (bicyclic) bond motifs is 1. The third-order valence-electron chi connectivity index (χ3n) is 7.24. The summed E-state index contributed by atoms with van der Waals surface area (Å²) in [6, 6.07) is 35.3. The summed E-state index contributed by atoms with van der Waals surface area (Å²) < 4.78 is 5.99. The Balaban J connectivity index is 1.76. The van der Waals surface area contributed by atoms with Crippen LogP contribution in [0.15, 0.2) is 103 Å². The number of carbonyl (C=O) groups excluding carboxylic acids is 1. The number of benzene rings is 4. The van der Waals surface area contributed by atoms with Gasteiger partial charge in [0.1, 0.15) is 11.2 Å². The van der Waals surface area contributed by atoms with Crippen molar-refractivity contribution in [3.63, 3.8) is 0 Å². The Morgan fingerprint density at radius 3 is 1.69 bits per heavy atom. The number of hydrogen-bond acceptors (Lipinski definition) is 4.